The maximum Gasteiger partial charge on any atom is 0.257 e. The van der Waals surface area contributed by atoms with E-state index >= 15 is 0 Å². The van der Waals surface area contributed by atoms with Crippen LogP contribution >= 0.6 is 0 Å². The van der Waals surface area contributed by atoms with Gasteiger partial charge in [-0.25, -0.2) is 0 Å². The smallest absolute Gasteiger partial charge is 0.257 e. The van der Waals surface area contributed by atoms with E-state index in [1.165, 1.54) is 5.56 Å². The highest BCUT2D eigenvalue weighted by atomic mass is 16.5. The molecule has 1 aliphatic heterocycles. The number of aryl methyl sites for hydroxylation is 1. The van der Waals surface area contributed by atoms with Gasteiger partial charge in [0, 0.05) is 44.5 Å². The third-order valence-electron chi connectivity index (χ3n) is 6.58. The minimum atomic E-state index is 0.0464. The summed E-state index contributed by atoms with van der Waals surface area (Å²) in [5.41, 5.74) is 4.71. The molecule has 6 heteroatoms. The van der Waals surface area contributed by atoms with Crippen LogP contribution in [0.1, 0.15) is 21.5 Å². The minimum absolute atomic E-state index is 0.0464. The first kappa shape index (κ1) is 23.8. The second-order valence-corrected chi connectivity index (χ2v) is 9.24. The number of hydrogen-bond acceptors (Lipinski definition) is 4. The Morgan fingerprint density at radius 1 is 0.861 bits per heavy atom. The van der Waals surface area contributed by atoms with Crippen molar-refractivity contribution in [2.45, 2.75) is 13.5 Å². The molecule has 0 saturated carbocycles. The summed E-state index contributed by atoms with van der Waals surface area (Å²) in [7, 11) is 0. The summed E-state index contributed by atoms with van der Waals surface area (Å²) >= 11 is 0. The summed E-state index contributed by atoms with van der Waals surface area (Å²) in [6, 6.07) is 28.3. The van der Waals surface area contributed by atoms with Gasteiger partial charge in [-0.1, -0.05) is 78.4 Å². The molecule has 5 rings (SSSR count). The number of amides is 1. The molecule has 184 valence electrons. The lowest BCUT2D eigenvalue weighted by molar-refractivity contribution is 0.0621. The summed E-state index contributed by atoms with van der Waals surface area (Å²) in [6.07, 6.45) is 1.91. The molecule has 1 saturated heterocycles. The first-order chi connectivity index (χ1) is 17.7. The molecule has 1 aromatic heterocycles. The number of hydrogen-bond donors (Lipinski definition) is 0. The van der Waals surface area contributed by atoms with Gasteiger partial charge in [0.15, 0.2) is 0 Å². The van der Waals surface area contributed by atoms with Gasteiger partial charge in [0.05, 0.1) is 12.1 Å². The summed E-state index contributed by atoms with van der Waals surface area (Å²) in [4.78, 5) is 18.0. The second kappa shape index (κ2) is 11.2. The van der Waals surface area contributed by atoms with Crippen LogP contribution in [0.3, 0.4) is 0 Å². The van der Waals surface area contributed by atoms with E-state index < -0.39 is 0 Å². The van der Waals surface area contributed by atoms with Gasteiger partial charge in [-0.3, -0.25) is 14.4 Å². The lowest BCUT2D eigenvalue weighted by atomic mass is 10.1. The van der Waals surface area contributed by atoms with Crippen LogP contribution < -0.4 is 4.74 Å². The van der Waals surface area contributed by atoms with Crippen molar-refractivity contribution in [1.29, 1.82) is 0 Å². The van der Waals surface area contributed by atoms with Crippen LogP contribution in [-0.2, 0) is 6.54 Å². The standard InChI is InChI=1S/C30H32N4O2/c1-24-12-14-26(15-13-24)29-28(23-34(31-29)22-25-8-4-2-5-9-25)30(35)33-18-16-32(17-19-33)20-21-36-27-10-6-3-7-11-27/h2-15,23H,16-22H2,1H3. The minimum Gasteiger partial charge on any atom is -0.492 e. The molecular weight excluding hydrogens is 448 g/mol. The van der Waals surface area contributed by atoms with E-state index in [0.717, 1.165) is 42.2 Å². The number of nitrogens with zero attached hydrogens (tertiary/aromatic N) is 4. The van der Waals surface area contributed by atoms with Crippen molar-refractivity contribution in [2.75, 3.05) is 39.3 Å². The summed E-state index contributed by atoms with van der Waals surface area (Å²) in [5.74, 6) is 0.938. The van der Waals surface area contributed by atoms with Crippen LogP contribution in [-0.4, -0.2) is 64.8 Å². The van der Waals surface area contributed by atoms with Crippen molar-refractivity contribution in [3.8, 4) is 17.0 Å². The molecule has 1 fully saturated rings. The lowest BCUT2D eigenvalue weighted by Gasteiger charge is -2.34. The molecule has 0 bridgehead atoms. The van der Waals surface area contributed by atoms with Gasteiger partial charge in [-0.15, -0.1) is 0 Å². The van der Waals surface area contributed by atoms with E-state index in [1.807, 2.05) is 76.4 Å². The number of aromatic nitrogens is 2. The first-order valence-corrected chi connectivity index (χ1v) is 12.5. The van der Waals surface area contributed by atoms with Crippen molar-refractivity contribution in [2.24, 2.45) is 0 Å². The van der Waals surface area contributed by atoms with Crippen LogP contribution in [0.25, 0.3) is 11.3 Å². The predicted octanol–water partition coefficient (Wildman–Crippen LogP) is 4.74. The normalized spacial score (nSPS) is 14.1. The molecule has 6 nitrogen and oxygen atoms in total. The largest absolute Gasteiger partial charge is 0.492 e. The number of rotatable bonds is 8. The van der Waals surface area contributed by atoms with E-state index in [1.54, 1.807) is 0 Å². The van der Waals surface area contributed by atoms with Crippen LogP contribution in [0.5, 0.6) is 5.75 Å². The molecule has 0 unspecified atom stereocenters. The van der Waals surface area contributed by atoms with E-state index in [-0.39, 0.29) is 5.91 Å². The van der Waals surface area contributed by atoms with Gasteiger partial charge in [0.1, 0.15) is 18.1 Å². The topological polar surface area (TPSA) is 50.6 Å². The lowest BCUT2D eigenvalue weighted by Crippen LogP contribution is -2.49. The van der Waals surface area contributed by atoms with Crippen molar-refractivity contribution in [3.63, 3.8) is 0 Å². The average Bonchev–Trinajstić information content (AvgIpc) is 3.34. The molecular formula is C30H32N4O2. The number of carbonyl (C=O) groups is 1. The third kappa shape index (κ3) is 5.83. The Hall–Kier alpha value is -3.90. The predicted molar refractivity (Wildman–Crippen MR) is 142 cm³/mol. The Balaban J connectivity index is 1.26. The maximum absolute atomic E-state index is 13.7. The molecule has 1 amide bonds. The molecule has 0 N–H and O–H groups in total. The van der Waals surface area contributed by atoms with Gasteiger partial charge < -0.3 is 9.64 Å². The van der Waals surface area contributed by atoms with Crippen LogP contribution in [0.2, 0.25) is 0 Å². The van der Waals surface area contributed by atoms with Gasteiger partial charge in [-0.05, 0) is 24.6 Å². The molecule has 0 spiro atoms. The zero-order valence-electron chi connectivity index (χ0n) is 20.7. The monoisotopic (exact) mass is 480 g/mol. The Bertz CT molecular complexity index is 1260. The summed E-state index contributed by atoms with van der Waals surface area (Å²) in [6.45, 7) is 7.24. The van der Waals surface area contributed by atoms with Gasteiger partial charge >= 0.3 is 0 Å². The van der Waals surface area contributed by atoms with E-state index in [0.29, 0.717) is 31.8 Å². The second-order valence-electron chi connectivity index (χ2n) is 9.24. The number of benzene rings is 3. The Morgan fingerprint density at radius 2 is 1.53 bits per heavy atom. The molecule has 2 heterocycles. The van der Waals surface area contributed by atoms with Crippen molar-refractivity contribution >= 4 is 5.91 Å². The van der Waals surface area contributed by atoms with E-state index in [2.05, 4.69) is 36.1 Å². The molecule has 0 atom stereocenters. The molecule has 1 aliphatic rings. The van der Waals surface area contributed by atoms with Crippen molar-refractivity contribution in [1.82, 2.24) is 19.6 Å². The van der Waals surface area contributed by atoms with Gasteiger partial charge in [0.2, 0.25) is 0 Å². The van der Waals surface area contributed by atoms with Gasteiger partial charge in [0.25, 0.3) is 5.91 Å². The van der Waals surface area contributed by atoms with Crippen LogP contribution in [0.4, 0.5) is 0 Å². The molecule has 0 radical (unpaired) electrons. The fourth-order valence-electron chi connectivity index (χ4n) is 4.51. The number of carbonyl (C=O) groups excluding carboxylic acids is 1. The molecule has 4 aromatic rings. The Kier molecular flexibility index (Phi) is 7.43. The fourth-order valence-corrected chi connectivity index (χ4v) is 4.51. The Labute approximate surface area is 212 Å². The number of piperazine rings is 1. The first-order valence-electron chi connectivity index (χ1n) is 12.5. The maximum atomic E-state index is 13.7. The molecule has 3 aromatic carbocycles. The fraction of sp³-hybridized carbons (Fsp3) is 0.267. The Morgan fingerprint density at radius 3 is 2.22 bits per heavy atom. The quantitative estimate of drug-likeness (QED) is 0.365. The van der Waals surface area contributed by atoms with Crippen molar-refractivity contribution < 1.29 is 9.53 Å². The van der Waals surface area contributed by atoms with E-state index in [4.69, 9.17) is 9.84 Å². The van der Waals surface area contributed by atoms with Gasteiger partial charge in [-0.2, -0.15) is 5.10 Å². The highest BCUT2D eigenvalue weighted by Crippen LogP contribution is 2.25. The van der Waals surface area contributed by atoms with Crippen molar-refractivity contribution in [3.05, 3.63) is 108 Å². The highest BCUT2D eigenvalue weighted by molar-refractivity contribution is 5.99. The summed E-state index contributed by atoms with van der Waals surface area (Å²) < 4.78 is 7.73. The molecule has 0 aliphatic carbocycles. The van der Waals surface area contributed by atoms with Crippen LogP contribution in [0.15, 0.2) is 91.1 Å². The zero-order valence-corrected chi connectivity index (χ0v) is 20.7. The molecule has 36 heavy (non-hydrogen) atoms. The van der Waals surface area contributed by atoms with E-state index in [9.17, 15) is 4.79 Å². The summed E-state index contributed by atoms with van der Waals surface area (Å²) in [5, 5.41) is 4.85. The zero-order chi connectivity index (χ0) is 24.7. The SMILES string of the molecule is Cc1ccc(-c2nn(Cc3ccccc3)cc2C(=O)N2CCN(CCOc3ccccc3)CC2)cc1. The number of para-hydroxylation sites is 1. The van der Waals surface area contributed by atoms with Crippen LogP contribution in [0, 0.1) is 6.92 Å². The average molecular weight is 481 g/mol. The third-order valence-corrected chi connectivity index (χ3v) is 6.58. The highest BCUT2D eigenvalue weighted by Gasteiger charge is 2.26. The number of ether oxygens (including phenoxy) is 1.